The number of hydrogen-bond acceptors (Lipinski definition) is 3. The summed E-state index contributed by atoms with van der Waals surface area (Å²) in [5.41, 5.74) is 1.23. The van der Waals surface area contributed by atoms with E-state index in [0.717, 1.165) is 11.3 Å². The van der Waals surface area contributed by atoms with Crippen molar-refractivity contribution in [2.24, 2.45) is 0 Å². The summed E-state index contributed by atoms with van der Waals surface area (Å²) in [6.07, 6.45) is 1.98. The van der Waals surface area contributed by atoms with Crippen LogP contribution in [0.25, 0.3) is 0 Å². The second-order valence-electron chi connectivity index (χ2n) is 4.57. The molecule has 0 aromatic carbocycles. The second-order valence-corrected chi connectivity index (χ2v) is 4.57. The average Bonchev–Trinajstić information content (AvgIpc) is 2.21. The highest BCUT2D eigenvalue weighted by molar-refractivity contribution is 5.79. The number of amides is 1. The lowest BCUT2D eigenvalue weighted by Crippen LogP contribution is -2.46. The molecule has 16 heavy (non-hydrogen) atoms. The molecule has 0 saturated carbocycles. The van der Waals surface area contributed by atoms with Crippen molar-refractivity contribution in [2.75, 3.05) is 6.61 Å². The van der Waals surface area contributed by atoms with Gasteiger partial charge in [0.05, 0.1) is 18.6 Å². The third-order valence-corrected chi connectivity index (χ3v) is 2.21. The predicted molar refractivity (Wildman–Crippen MR) is 62.0 cm³/mol. The fourth-order valence-electron chi connectivity index (χ4n) is 1.25. The quantitative estimate of drug-likeness (QED) is 0.792. The van der Waals surface area contributed by atoms with Crippen LogP contribution in [0.5, 0.6) is 0 Å². The maximum atomic E-state index is 11.6. The number of pyridine rings is 1. The Morgan fingerprint density at radius 1 is 1.50 bits per heavy atom. The van der Waals surface area contributed by atoms with Gasteiger partial charge in [-0.1, -0.05) is 6.07 Å². The van der Waals surface area contributed by atoms with Crippen LogP contribution in [-0.4, -0.2) is 28.1 Å². The van der Waals surface area contributed by atoms with E-state index in [1.54, 1.807) is 20.0 Å². The zero-order valence-electron chi connectivity index (χ0n) is 9.95. The van der Waals surface area contributed by atoms with Gasteiger partial charge in [0.25, 0.3) is 0 Å². The second kappa shape index (κ2) is 5.07. The molecule has 0 fully saturated rings. The van der Waals surface area contributed by atoms with E-state index in [4.69, 9.17) is 5.11 Å². The molecule has 0 aliphatic rings. The summed E-state index contributed by atoms with van der Waals surface area (Å²) in [5.74, 6) is -0.107. The molecule has 0 aliphatic carbocycles. The summed E-state index contributed by atoms with van der Waals surface area (Å²) in [5, 5.41) is 11.8. The topological polar surface area (TPSA) is 62.2 Å². The Labute approximate surface area is 95.7 Å². The van der Waals surface area contributed by atoms with Crippen LogP contribution in [0.4, 0.5) is 0 Å². The Hall–Kier alpha value is -1.42. The maximum absolute atomic E-state index is 11.6. The Morgan fingerprint density at radius 2 is 2.19 bits per heavy atom. The van der Waals surface area contributed by atoms with E-state index in [2.05, 4.69) is 10.3 Å². The fourth-order valence-corrected chi connectivity index (χ4v) is 1.25. The summed E-state index contributed by atoms with van der Waals surface area (Å²) >= 11 is 0. The first-order chi connectivity index (χ1) is 7.43. The summed E-state index contributed by atoms with van der Waals surface area (Å²) in [7, 11) is 0. The van der Waals surface area contributed by atoms with Gasteiger partial charge in [-0.3, -0.25) is 9.78 Å². The third kappa shape index (κ3) is 3.98. The molecule has 2 N–H and O–H groups in total. The van der Waals surface area contributed by atoms with Crippen molar-refractivity contribution in [3.63, 3.8) is 0 Å². The fraction of sp³-hybridized carbons (Fsp3) is 0.500. The van der Waals surface area contributed by atoms with Gasteiger partial charge in [-0.15, -0.1) is 0 Å². The molecule has 1 rings (SSSR count). The molecule has 0 radical (unpaired) electrons. The summed E-state index contributed by atoms with van der Waals surface area (Å²) < 4.78 is 0. The standard InChI is InChI=1S/C12H18N2O2/c1-9-4-5-10(7-13-9)6-11(16)14-12(2,3)8-15/h4-5,7,15H,6,8H2,1-3H3,(H,14,16). The van der Waals surface area contributed by atoms with Crippen molar-refractivity contribution in [1.29, 1.82) is 0 Å². The number of carbonyl (C=O) groups is 1. The zero-order chi connectivity index (χ0) is 12.2. The van der Waals surface area contributed by atoms with Gasteiger partial charge in [-0.25, -0.2) is 0 Å². The molecule has 1 aromatic heterocycles. The highest BCUT2D eigenvalue weighted by atomic mass is 16.3. The SMILES string of the molecule is Cc1ccc(CC(=O)NC(C)(C)CO)cn1. The van der Waals surface area contributed by atoms with Crippen molar-refractivity contribution < 1.29 is 9.90 Å². The van der Waals surface area contributed by atoms with Gasteiger partial charge in [0.15, 0.2) is 0 Å². The van der Waals surface area contributed by atoms with Gasteiger partial charge in [0.2, 0.25) is 5.91 Å². The van der Waals surface area contributed by atoms with Crippen LogP contribution in [0.2, 0.25) is 0 Å². The number of aliphatic hydroxyl groups is 1. The molecule has 1 heterocycles. The van der Waals surface area contributed by atoms with Gasteiger partial charge >= 0.3 is 0 Å². The van der Waals surface area contributed by atoms with Gasteiger partial charge in [-0.2, -0.15) is 0 Å². The zero-order valence-corrected chi connectivity index (χ0v) is 9.95. The van der Waals surface area contributed by atoms with Crippen molar-refractivity contribution in [3.05, 3.63) is 29.6 Å². The smallest absolute Gasteiger partial charge is 0.224 e. The van der Waals surface area contributed by atoms with Gasteiger partial charge in [-0.05, 0) is 32.4 Å². The molecule has 1 aromatic rings. The van der Waals surface area contributed by atoms with E-state index >= 15 is 0 Å². The minimum absolute atomic E-state index is 0.0785. The van der Waals surface area contributed by atoms with Crippen LogP contribution in [0.1, 0.15) is 25.1 Å². The lowest BCUT2D eigenvalue weighted by atomic mass is 10.1. The monoisotopic (exact) mass is 222 g/mol. The number of rotatable bonds is 4. The molecule has 88 valence electrons. The maximum Gasteiger partial charge on any atom is 0.224 e. The van der Waals surface area contributed by atoms with Crippen LogP contribution in [-0.2, 0) is 11.2 Å². The Kier molecular flexibility index (Phi) is 4.01. The van der Waals surface area contributed by atoms with Crippen molar-refractivity contribution in [1.82, 2.24) is 10.3 Å². The first-order valence-corrected chi connectivity index (χ1v) is 5.26. The van der Waals surface area contributed by atoms with E-state index in [0.29, 0.717) is 0 Å². The highest BCUT2D eigenvalue weighted by Crippen LogP contribution is 2.03. The van der Waals surface area contributed by atoms with Gasteiger partial charge in [0, 0.05) is 11.9 Å². The van der Waals surface area contributed by atoms with E-state index in [9.17, 15) is 4.79 Å². The first kappa shape index (κ1) is 12.6. The third-order valence-electron chi connectivity index (χ3n) is 2.21. The Balaban J connectivity index is 2.55. The predicted octanol–water partition coefficient (Wildman–Crippen LogP) is 0.820. The minimum Gasteiger partial charge on any atom is -0.394 e. The van der Waals surface area contributed by atoms with E-state index in [1.807, 2.05) is 19.1 Å². The number of carbonyl (C=O) groups excluding carboxylic acids is 1. The number of hydrogen-bond donors (Lipinski definition) is 2. The molecule has 0 spiro atoms. The molecule has 0 bridgehead atoms. The molecular formula is C12H18N2O2. The minimum atomic E-state index is -0.574. The number of aliphatic hydroxyl groups excluding tert-OH is 1. The van der Waals surface area contributed by atoms with Crippen molar-refractivity contribution in [2.45, 2.75) is 32.7 Å². The molecule has 4 heteroatoms. The molecular weight excluding hydrogens is 204 g/mol. The molecule has 0 saturated heterocycles. The lowest BCUT2D eigenvalue weighted by Gasteiger charge is -2.23. The number of nitrogens with zero attached hydrogens (tertiary/aromatic N) is 1. The largest absolute Gasteiger partial charge is 0.394 e. The first-order valence-electron chi connectivity index (χ1n) is 5.26. The molecule has 4 nitrogen and oxygen atoms in total. The normalized spacial score (nSPS) is 11.2. The molecule has 1 amide bonds. The lowest BCUT2D eigenvalue weighted by molar-refractivity contribution is -0.122. The number of nitrogens with one attached hydrogen (secondary N) is 1. The van der Waals surface area contributed by atoms with Crippen LogP contribution >= 0.6 is 0 Å². The summed E-state index contributed by atoms with van der Waals surface area (Å²) in [4.78, 5) is 15.7. The Morgan fingerprint density at radius 3 is 2.69 bits per heavy atom. The Bertz CT molecular complexity index is 358. The van der Waals surface area contributed by atoms with Gasteiger partial charge < -0.3 is 10.4 Å². The van der Waals surface area contributed by atoms with Crippen LogP contribution in [0.3, 0.4) is 0 Å². The van der Waals surface area contributed by atoms with Crippen LogP contribution < -0.4 is 5.32 Å². The summed E-state index contributed by atoms with van der Waals surface area (Å²) in [6.45, 7) is 5.38. The average molecular weight is 222 g/mol. The van der Waals surface area contributed by atoms with Crippen molar-refractivity contribution in [3.8, 4) is 0 Å². The van der Waals surface area contributed by atoms with Gasteiger partial charge in [0.1, 0.15) is 0 Å². The molecule has 0 atom stereocenters. The number of aryl methyl sites for hydroxylation is 1. The molecule has 0 aliphatic heterocycles. The number of aromatic nitrogens is 1. The van der Waals surface area contributed by atoms with Crippen molar-refractivity contribution >= 4 is 5.91 Å². The molecule has 0 unspecified atom stereocenters. The summed E-state index contributed by atoms with van der Waals surface area (Å²) in [6, 6.07) is 3.76. The van der Waals surface area contributed by atoms with Crippen LogP contribution in [0.15, 0.2) is 18.3 Å². The van der Waals surface area contributed by atoms with E-state index in [-0.39, 0.29) is 18.9 Å². The van der Waals surface area contributed by atoms with Crippen LogP contribution in [0, 0.1) is 6.92 Å². The van der Waals surface area contributed by atoms with E-state index in [1.165, 1.54) is 0 Å². The highest BCUT2D eigenvalue weighted by Gasteiger charge is 2.18. The van der Waals surface area contributed by atoms with E-state index < -0.39 is 5.54 Å².